The third kappa shape index (κ3) is 9.32. The van der Waals surface area contributed by atoms with Gasteiger partial charge in [-0.1, -0.05) is 32.6 Å². The van der Waals surface area contributed by atoms with Crippen molar-refractivity contribution in [2.24, 2.45) is 0 Å². The van der Waals surface area contributed by atoms with E-state index in [4.69, 9.17) is 6.42 Å². The van der Waals surface area contributed by atoms with Gasteiger partial charge in [0.2, 0.25) is 0 Å². The van der Waals surface area contributed by atoms with Crippen molar-refractivity contribution < 1.29 is 4.79 Å². The van der Waals surface area contributed by atoms with Crippen LogP contribution in [0.15, 0.2) is 0 Å². The van der Waals surface area contributed by atoms with Crippen molar-refractivity contribution in [3.8, 4) is 12.3 Å². The van der Waals surface area contributed by atoms with Crippen molar-refractivity contribution in [3.05, 3.63) is 0 Å². The highest BCUT2D eigenvalue weighted by atomic mass is 16.1. The van der Waals surface area contributed by atoms with Gasteiger partial charge >= 0.3 is 0 Å². The van der Waals surface area contributed by atoms with Gasteiger partial charge in [-0.15, -0.1) is 12.3 Å². The number of hydrogen-bond donors (Lipinski definition) is 0. The van der Waals surface area contributed by atoms with Gasteiger partial charge in [0.25, 0.3) is 0 Å². The van der Waals surface area contributed by atoms with Crippen molar-refractivity contribution in [2.45, 2.75) is 64.7 Å². The molecule has 0 aliphatic heterocycles. The summed E-state index contributed by atoms with van der Waals surface area (Å²) in [6, 6.07) is 0. The molecule has 0 saturated heterocycles. The van der Waals surface area contributed by atoms with Gasteiger partial charge in [0, 0.05) is 19.3 Å². The molecular formula is C13H22O. The first-order valence-corrected chi connectivity index (χ1v) is 5.76. The topological polar surface area (TPSA) is 17.1 Å². The van der Waals surface area contributed by atoms with Gasteiger partial charge in [0.05, 0.1) is 0 Å². The Hall–Kier alpha value is -0.770. The summed E-state index contributed by atoms with van der Waals surface area (Å²) in [5.41, 5.74) is 0. The number of hydrogen-bond acceptors (Lipinski definition) is 1. The van der Waals surface area contributed by atoms with Crippen LogP contribution in [0.4, 0.5) is 0 Å². The number of Topliss-reactive ketones (excluding diaryl/α,β-unsaturated/α-hetero) is 1. The van der Waals surface area contributed by atoms with Gasteiger partial charge in [-0.2, -0.15) is 0 Å². The van der Waals surface area contributed by atoms with Crippen LogP contribution < -0.4 is 0 Å². The molecule has 0 aromatic rings. The second-order valence-corrected chi connectivity index (χ2v) is 3.76. The molecule has 1 heteroatoms. The minimum Gasteiger partial charge on any atom is -0.300 e. The number of rotatable bonds is 9. The summed E-state index contributed by atoms with van der Waals surface area (Å²) >= 11 is 0. The summed E-state index contributed by atoms with van der Waals surface area (Å²) in [6.45, 7) is 2.20. The Balaban J connectivity index is 3.15. The first-order valence-electron chi connectivity index (χ1n) is 5.76. The predicted molar refractivity (Wildman–Crippen MR) is 61.1 cm³/mol. The third-order valence-corrected chi connectivity index (χ3v) is 2.34. The second kappa shape index (κ2) is 10.3. The van der Waals surface area contributed by atoms with Crippen LogP contribution in [-0.2, 0) is 4.79 Å². The SMILES string of the molecule is C#CCCCC(=O)CCCCCCC. The Morgan fingerprint density at radius 2 is 1.71 bits per heavy atom. The molecule has 0 bridgehead atoms. The molecule has 0 N–H and O–H groups in total. The van der Waals surface area contributed by atoms with E-state index in [9.17, 15) is 4.79 Å². The molecule has 0 spiro atoms. The fourth-order valence-corrected chi connectivity index (χ4v) is 1.44. The van der Waals surface area contributed by atoms with Crippen LogP contribution in [-0.4, -0.2) is 5.78 Å². The molecule has 0 aromatic heterocycles. The molecule has 14 heavy (non-hydrogen) atoms. The quantitative estimate of drug-likeness (QED) is 0.404. The largest absolute Gasteiger partial charge is 0.300 e. The molecule has 0 amide bonds. The Labute approximate surface area is 88.3 Å². The summed E-state index contributed by atoms with van der Waals surface area (Å²) < 4.78 is 0. The van der Waals surface area contributed by atoms with Crippen molar-refractivity contribution in [3.63, 3.8) is 0 Å². The maximum Gasteiger partial charge on any atom is 0.132 e. The van der Waals surface area contributed by atoms with Gasteiger partial charge < -0.3 is 0 Å². The maximum absolute atomic E-state index is 11.3. The highest BCUT2D eigenvalue weighted by Crippen LogP contribution is 2.07. The van der Waals surface area contributed by atoms with Crippen LogP contribution in [0.2, 0.25) is 0 Å². The Kier molecular flexibility index (Phi) is 9.74. The van der Waals surface area contributed by atoms with E-state index >= 15 is 0 Å². The average molecular weight is 194 g/mol. The summed E-state index contributed by atoms with van der Waals surface area (Å²) in [4.78, 5) is 11.3. The lowest BCUT2D eigenvalue weighted by Gasteiger charge is -1.99. The van der Waals surface area contributed by atoms with E-state index in [0.717, 1.165) is 25.7 Å². The number of unbranched alkanes of at least 4 members (excludes halogenated alkanes) is 5. The fourth-order valence-electron chi connectivity index (χ4n) is 1.44. The smallest absolute Gasteiger partial charge is 0.132 e. The van der Waals surface area contributed by atoms with Gasteiger partial charge in [0.1, 0.15) is 5.78 Å². The Morgan fingerprint density at radius 3 is 2.36 bits per heavy atom. The van der Waals surface area contributed by atoms with E-state index in [1.54, 1.807) is 0 Å². The van der Waals surface area contributed by atoms with E-state index in [0.29, 0.717) is 12.2 Å². The molecule has 1 nitrogen and oxygen atoms in total. The van der Waals surface area contributed by atoms with E-state index in [-0.39, 0.29) is 0 Å². The van der Waals surface area contributed by atoms with Crippen LogP contribution in [0.1, 0.15) is 64.7 Å². The fraction of sp³-hybridized carbons (Fsp3) is 0.769. The highest BCUT2D eigenvalue weighted by Gasteiger charge is 2.00. The van der Waals surface area contributed by atoms with E-state index < -0.39 is 0 Å². The molecule has 0 atom stereocenters. The summed E-state index contributed by atoms with van der Waals surface area (Å²) in [5, 5.41) is 0. The lowest BCUT2D eigenvalue weighted by atomic mass is 10.1. The molecule has 0 fully saturated rings. The van der Waals surface area contributed by atoms with Crippen molar-refractivity contribution >= 4 is 5.78 Å². The van der Waals surface area contributed by atoms with Crippen LogP contribution >= 0.6 is 0 Å². The standard InChI is InChI=1S/C13H22O/c1-3-5-7-8-10-12-13(14)11-9-6-4-2/h2H,3,5-12H2,1H3. The summed E-state index contributed by atoms with van der Waals surface area (Å²) in [6.07, 6.45) is 14.2. The van der Waals surface area contributed by atoms with E-state index in [1.807, 2.05) is 0 Å². The third-order valence-electron chi connectivity index (χ3n) is 2.34. The van der Waals surface area contributed by atoms with Crippen LogP contribution in [0, 0.1) is 12.3 Å². The molecule has 80 valence electrons. The number of carbonyl (C=O) groups is 1. The van der Waals surface area contributed by atoms with Crippen molar-refractivity contribution in [1.82, 2.24) is 0 Å². The summed E-state index contributed by atoms with van der Waals surface area (Å²) in [7, 11) is 0. The minimum absolute atomic E-state index is 0.386. The molecular weight excluding hydrogens is 172 g/mol. The molecule has 0 aliphatic rings. The van der Waals surface area contributed by atoms with Crippen LogP contribution in [0.3, 0.4) is 0 Å². The second-order valence-electron chi connectivity index (χ2n) is 3.76. The Bertz CT molecular complexity index is 176. The first kappa shape index (κ1) is 13.2. The zero-order valence-electron chi connectivity index (χ0n) is 9.35. The molecule has 0 aromatic carbocycles. The van der Waals surface area contributed by atoms with Crippen LogP contribution in [0.5, 0.6) is 0 Å². The zero-order valence-corrected chi connectivity index (χ0v) is 9.35. The minimum atomic E-state index is 0.386. The molecule has 0 heterocycles. The molecule has 0 radical (unpaired) electrons. The lowest BCUT2D eigenvalue weighted by Crippen LogP contribution is -1.97. The van der Waals surface area contributed by atoms with Crippen molar-refractivity contribution in [2.75, 3.05) is 0 Å². The first-order chi connectivity index (χ1) is 6.81. The van der Waals surface area contributed by atoms with Gasteiger partial charge in [-0.25, -0.2) is 0 Å². The molecule has 0 rings (SSSR count). The van der Waals surface area contributed by atoms with Gasteiger partial charge in [-0.05, 0) is 12.8 Å². The molecule has 0 saturated carbocycles. The zero-order chi connectivity index (χ0) is 10.6. The highest BCUT2D eigenvalue weighted by molar-refractivity contribution is 5.78. The van der Waals surface area contributed by atoms with Crippen LogP contribution in [0.25, 0.3) is 0 Å². The lowest BCUT2D eigenvalue weighted by molar-refractivity contribution is -0.119. The Morgan fingerprint density at radius 1 is 1.07 bits per heavy atom. The van der Waals surface area contributed by atoms with E-state index in [1.165, 1.54) is 25.7 Å². The molecule has 0 unspecified atom stereocenters. The normalized spacial score (nSPS) is 9.71. The van der Waals surface area contributed by atoms with E-state index in [2.05, 4.69) is 12.8 Å². The molecule has 0 aliphatic carbocycles. The summed E-state index contributed by atoms with van der Waals surface area (Å²) in [5.74, 6) is 2.94. The average Bonchev–Trinajstić information content (AvgIpc) is 2.18. The number of ketones is 1. The van der Waals surface area contributed by atoms with Gasteiger partial charge in [0.15, 0.2) is 0 Å². The number of terminal acetylenes is 1. The number of carbonyl (C=O) groups excluding carboxylic acids is 1. The van der Waals surface area contributed by atoms with Gasteiger partial charge in [-0.3, -0.25) is 4.79 Å². The maximum atomic E-state index is 11.3. The van der Waals surface area contributed by atoms with Crippen molar-refractivity contribution in [1.29, 1.82) is 0 Å². The predicted octanol–water partition coefficient (Wildman–Crippen LogP) is 3.72. The monoisotopic (exact) mass is 194 g/mol.